The van der Waals surface area contributed by atoms with Gasteiger partial charge in [-0.25, -0.2) is 8.42 Å². The van der Waals surface area contributed by atoms with E-state index < -0.39 is 17.1 Å². The summed E-state index contributed by atoms with van der Waals surface area (Å²) < 4.78 is 32.9. The van der Waals surface area contributed by atoms with Crippen molar-refractivity contribution in [2.75, 3.05) is 13.1 Å². The summed E-state index contributed by atoms with van der Waals surface area (Å²) in [6.45, 7) is 2.79. The molecule has 1 aliphatic heterocycles. The molecule has 0 saturated carbocycles. The van der Waals surface area contributed by atoms with E-state index >= 15 is 0 Å². The number of benzene rings is 2. The Kier molecular flexibility index (Phi) is 5.98. The van der Waals surface area contributed by atoms with Gasteiger partial charge in [0.15, 0.2) is 0 Å². The van der Waals surface area contributed by atoms with Crippen molar-refractivity contribution in [2.45, 2.75) is 30.8 Å². The van der Waals surface area contributed by atoms with Gasteiger partial charge >= 0.3 is 7.05 Å². The summed E-state index contributed by atoms with van der Waals surface area (Å²) in [5.41, 5.74) is 1.02. The average Bonchev–Trinajstić information content (AvgIpc) is 3.10. The molecule has 0 aromatic heterocycles. The molecule has 0 spiro atoms. The number of ether oxygens (including phenoxy) is 1. The van der Waals surface area contributed by atoms with Gasteiger partial charge in [-0.05, 0) is 30.9 Å². The molecule has 8 heteroatoms. The molecule has 1 atom stereocenters. The third-order valence-electron chi connectivity index (χ3n) is 4.32. The Morgan fingerprint density at radius 2 is 2.00 bits per heavy atom. The van der Waals surface area contributed by atoms with Crippen molar-refractivity contribution in [3.05, 3.63) is 60.2 Å². The van der Waals surface area contributed by atoms with E-state index in [0.29, 0.717) is 31.9 Å². The zero-order valence-electron chi connectivity index (χ0n) is 14.7. The molecule has 26 heavy (non-hydrogen) atoms. The van der Waals surface area contributed by atoms with Crippen LogP contribution < -0.4 is 9.96 Å². The quantitative estimate of drug-likeness (QED) is 0.722. The molecule has 2 N–H and O–H groups in total. The van der Waals surface area contributed by atoms with Gasteiger partial charge in [0.1, 0.15) is 12.4 Å². The first-order chi connectivity index (χ1) is 12.4. The Morgan fingerprint density at radius 3 is 2.73 bits per heavy atom. The molecule has 0 amide bonds. The summed E-state index contributed by atoms with van der Waals surface area (Å²) in [4.78, 5) is 0.223. The predicted octanol–water partition coefficient (Wildman–Crippen LogP) is 1.73. The number of hydrogen-bond acceptors (Lipinski definition) is 5. The fraction of sp³-hybridized carbons (Fsp3) is 0.333. The molecule has 2 aromatic rings. The van der Waals surface area contributed by atoms with E-state index in [9.17, 15) is 13.4 Å². The van der Waals surface area contributed by atoms with Crippen LogP contribution in [0.15, 0.2) is 59.5 Å². The van der Waals surface area contributed by atoms with E-state index in [4.69, 9.17) is 4.74 Å². The fourth-order valence-corrected chi connectivity index (χ4v) is 4.57. The Bertz CT molecular complexity index is 830. The van der Waals surface area contributed by atoms with Crippen LogP contribution in [-0.2, 0) is 16.6 Å². The number of hydrogen-bond donors (Lipinski definition) is 2. The van der Waals surface area contributed by atoms with E-state index in [1.165, 1.54) is 4.31 Å². The maximum Gasteiger partial charge on any atom is 0.373 e. The van der Waals surface area contributed by atoms with Crippen LogP contribution >= 0.6 is 0 Å². The minimum Gasteiger partial charge on any atom is -0.489 e. The van der Waals surface area contributed by atoms with Gasteiger partial charge in [-0.2, -0.15) is 4.31 Å². The standard InChI is InChI=1S/C18H23BN2O4S/c1-19(22)20-16-10-11-21(13-16)26(23,24)18-9-5-8-17(12-18)25-14-15-6-3-2-4-7-15/h2-9,12,16,20,22H,10-11,13-14H2,1H3/t16-/m0/s1. The molecule has 0 radical (unpaired) electrons. The first kappa shape index (κ1) is 18.9. The van der Waals surface area contributed by atoms with Crippen LogP contribution in [0.25, 0.3) is 0 Å². The molecule has 2 aromatic carbocycles. The first-order valence-electron chi connectivity index (χ1n) is 8.66. The van der Waals surface area contributed by atoms with Crippen molar-refractivity contribution in [3.8, 4) is 5.75 Å². The molecule has 3 rings (SSSR count). The van der Waals surface area contributed by atoms with Gasteiger partial charge in [0, 0.05) is 25.2 Å². The van der Waals surface area contributed by atoms with Gasteiger partial charge in [0.2, 0.25) is 10.0 Å². The van der Waals surface area contributed by atoms with Gasteiger partial charge < -0.3 is 15.0 Å². The minimum atomic E-state index is -3.58. The van der Waals surface area contributed by atoms with Gasteiger partial charge in [-0.1, -0.05) is 36.4 Å². The summed E-state index contributed by atoms with van der Waals surface area (Å²) in [5.74, 6) is 0.521. The van der Waals surface area contributed by atoms with E-state index in [1.54, 1.807) is 31.1 Å². The van der Waals surface area contributed by atoms with Crippen LogP contribution in [0.5, 0.6) is 5.75 Å². The van der Waals surface area contributed by atoms with E-state index in [2.05, 4.69) is 5.23 Å². The summed E-state index contributed by atoms with van der Waals surface area (Å²) in [5, 5.41) is 12.4. The molecule has 1 saturated heterocycles. The van der Waals surface area contributed by atoms with Gasteiger partial charge in [0.05, 0.1) is 4.90 Å². The SMILES string of the molecule is CB(O)N[C@H]1CCN(S(=O)(=O)c2cccc(OCc3ccccc3)c2)C1. The number of nitrogens with one attached hydrogen (secondary N) is 1. The topological polar surface area (TPSA) is 78.9 Å². The third-order valence-corrected chi connectivity index (χ3v) is 6.18. The second-order valence-electron chi connectivity index (χ2n) is 6.44. The highest BCUT2D eigenvalue weighted by Gasteiger charge is 2.33. The lowest BCUT2D eigenvalue weighted by Crippen LogP contribution is -2.42. The maximum absolute atomic E-state index is 12.9. The highest BCUT2D eigenvalue weighted by Crippen LogP contribution is 2.24. The van der Waals surface area contributed by atoms with Crippen molar-refractivity contribution < 1.29 is 18.2 Å². The second kappa shape index (κ2) is 8.22. The van der Waals surface area contributed by atoms with Crippen molar-refractivity contribution in [1.82, 2.24) is 9.53 Å². The summed E-state index contributed by atoms with van der Waals surface area (Å²) >= 11 is 0. The van der Waals surface area contributed by atoms with Crippen molar-refractivity contribution in [1.29, 1.82) is 0 Å². The van der Waals surface area contributed by atoms with Gasteiger partial charge in [0.25, 0.3) is 0 Å². The van der Waals surface area contributed by atoms with Crippen LogP contribution in [0.2, 0.25) is 6.82 Å². The predicted molar refractivity (Wildman–Crippen MR) is 101 cm³/mol. The first-order valence-corrected chi connectivity index (χ1v) is 10.1. The summed E-state index contributed by atoms with van der Waals surface area (Å²) in [6.07, 6.45) is 0.675. The van der Waals surface area contributed by atoms with E-state index in [0.717, 1.165) is 5.56 Å². The average molecular weight is 374 g/mol. The number of sulfonamides is 1. The second-order valence-corrected chi connectivity index (χ2v) is 8.38. The van der Waals surface area contributed by atoms with Crippen molar-refractivity contribution in [2.24, 2.45) is 0 Å². The minimum absolute atomic E-state index is 0.0395. The van der Waals surface area contributed by atoms with Crippen LogP contribution in [0.1, 0.15) is 12.0 Å². The highest BCUT2D eigenvalue weighted by atomic mass is 32.2. The zero-order chi connectivity index (χ0) is 18.6. The third kappa shape index (κ3) is 4.65. The normalized spacial score (nSPS) is 18.0. The lowest BCUT2D eigenvalue weighted by molar-refractivity contribution is 0.305. The Labute approximate surface area is 155 Å². The molecule has 1 heterocycles. The van der Waals surface area contributed by atoms with Crippen molar-refractivity contribution in [3.63, 3.8) is 0 Å². The molecule has 6 nitrogen and oxygen atoms in total. The van der Waals surface area contributed by atoms with Crippen LogP contribution in [0.4, 0.5) is 0 Å². The van der Waals surface area contributed by atoms with Crippen LogP contribution in [0, 0.1) is 0 Å². The Hall–Kier alpha value is -1.87. The van der Waals surface area contributed by atoms with Gasteiger partial charge in [-0.3, -0.25) is 0 Å². The van der Waals surface area contributed by atoms with Crippen LogP contribution in [-0.4, -0.2) is 43.9 Å². The molecule has 0 aliphatic carbocycles. The summed E-state index contributed by atoms with van der Waals surface area (Å²) in [6, 6.07) is 16.3. The van der Waals surface area contributed by atoms with E-state index in [-0.39, 0.29) is 10.9 Å². The van der Waals surface area contributed by atoms with Crippen LogP contribution in [0.3, 0.4) is 0 Å². The molecule has 1 aliphatic rings. The van der Waals surface area contributed by atoms with Crippen molar-refractivity contribution >= 4 is 17.1 Å². The monoisotopic (exact) mass is 374 g/mol. The molecular formula is C18H23BN2O4S. The smallest absolute Gasteiger partial charge is 0.373 e. The maximum atomic E-state index is 12.9. The van der Waals surface area contributed by atoms with E-state index in [1.807, 2.05) is 30.3 Å². The van der Waals surface area contributed by atoms with Gasteiger partial charge in [-0.15, -0.1) is 0 Å². The lowest BCUT2D eigenvalue weighted by atomic mass is 9.87. The molecule has 1 fully saturated rings. The molecule has 0 unspecified atom stereocenters. The number of nitrogens with zero attached hydrogens (tertiary/aromatic N) is 1. The lowest BCUT2D eigenvalue weighted by Gasteiger charge is -2.18. The molecule has 138 valence electrons. The number of rotatable bonds is 7. The largest absolute Gasteiger partial charge is 0.489 e. The molecule has 0 bridgehead atoms. The Balaban J connectivity index is 1.68. The fourth-order valence-electron chi connectivity index (χ4n) is 3.04. The molecular weight excluding hydrogens is 351 g/mol. The highest BCUT2D eigenvalue weighted by molar-refractivity contribution is 7.89. The zero-order valence-corrected chi connectivity index (χ0v) is 15.5. The Morgan fingerprint density at radius 1 is 1.23 bits per heavy atom. The summed E-state index contributed by atoms with van der Waals surface area (Å²) in [7, 11) is -4.24.